The molecule has 0 aromatic carbocycles. The molecular weight excluding hydrogens is 247 g/mol. The van der Waals surface area contributed by atoms with E-state index in [-0.39, 0.29) is 11.1 Å². The highest BCUT2D eigenvalue weighted by molar-refractivity contribution is 5.92. The summed E-state index contributed by atoms with van der Waals surface area (Å²) in [6, 6.07) is 2.69. The summed E-state index contributed by atoms with van der Waals surface area (Å²) in [5.41, 5.74) is -0.328. The van der Waals surface area contributed by atoms with Gasteiger partial charge in [0, 0.05) is 19.3 Å². The van der Waals surface area contributed by atoms with Crippen LogP contribution in [0.4, 0.5) is 4.39 Å². The van der Waals surface area contributed by atoms with Crippen LogP contribution >= 0.6 is 0 Å². The van der Waals surface area contributed by atoms with Crippen LogP contribution in [-0.4, -0.2) is 40.1 Å². The van der Waals surface area contributed by atoms with Crippen LogP contribution in [0.25, 0.3) is 0 Å². The van der Waals surface area contributed by atoms with Crippen molar-refractivity contribution in [3.63, 3.8) is 0 Å². The van der Waals surface area contributed by atoms with E-state index in [1.807, 2.05) is 13.8 Å². The largest absolute Gasteiger partial charge is 0.393 e. The summed E-state index contributed by atoms with van der Waals surface area (Å²) >= 11 is 0. The minimum Gasteiger partial charge on any atom is -0.393 e. The Morgan fingerprint density at radius 1 is 1.58 bits per heavy atom. The maximum Gasteiger partial charge on any atom is 0.275 e. The Kier molecular flexibility index (Phi) is 3.85. The van der Waals surface area contributed by atoms with Gasteiger partial charge in [-0.15, -0.1) is 0 Å². The van der Waals surface area contributed by atoms with Gasteiger partial charge in [0.15, 0.2) is 11.5 Å². The molecule has 5 heteroatoms. The Morgan fingerprint density at radius 3 is 3.00 bits per heavy atom. The third-order valence-electron chi connectivity index (χ3n) is 3.39. The quantitative estimate of drug-likeness (QED) is 0.844. The van der Waals surface area contributed by atoms with E-state index in [9.17, 15) is 14.3 Å². The van der Waals surface area contributed by atoms with Crippen molar-refractivity contribution < 1.29 is 14.3 Å². The highest BCUT2D eigenvalue weighted by Crippen LogP contribution is 2.29. The number of amides is 1. The number of pyridine rings is 1. The first-order chi connectivity index (χ1) is 8.89. The van der Waals surface area contributed by atoms with E-state index in [2.05, 4.69) is 4.98 Å². The van der Waals surface area contributed by atoms with Gasteiger partial charge in [-0.25, -0.2) is 9.37 Å². The lowest BCUT2D eigenvalue weighted by atomic mass is 9.87. The van der Waals surface area contributed by atoms with E-state index < -0.39 is 17.8 Å². The van der Waals surface area contributed by atoms with Gasteiger partial charge < -0.3 is 10.0 Å². The van der Waals surface area contributed by atoms with E-state index in [4.69, 9.17) is 0 Å². The molecule has 2 rings (SSSR count). The van der Waals surface area contributed by atoms with Crippen LogP contribution in [-0.2, 0) is 0 Å². The molecule has 1 N–H and O–H groups in total. The van der Waals surface area contributed by atoms with Crippen LogP contribution in [0.1, 0.15) is 37.2 Å². The first-order valence-electron chi connectivity index (χ1n) is 6.47. The first kappa shape index (κ1) is 13.9. The van der Waals surface area contributed by atoms with Crippen LogP contribution in [0, 0.1) is 11.2 Å². The Labute approximate surface area is 112 Å². The highest BCUT2D eigenvalue weighted by Gasteiger charge is 2.32. The van der Waals surface area contributed by atoms with Crippen molar-refractivity contribution in [1.29, 1.82) is 0 Å². The summed E-state index contributed by atoms with van der Waals surface area (Å²) in [5.74, 6) is -1.00. The van der Waals surface area contributed by atoms with Gasteiger partial charge in [-0.2, -0.15) is 0 Å². The van der Waals surface area contributed by atoms with Crippen LogP contribution in [0.3, 0.4) is 0 Å². The van der Waals surface area contributed by atoms with E-state index in [0.717, 1.165) is 0 Å². The van der Waals surface area contributed by atoms with Crippen LogP contribution in [0.2, 0.25) is 0 Å². The van der Waals surface area contributed by atoms with Crippen LogP contribution in [0.15, 0.2) is 18.3 Å². The fourth-order valence-electron chi connectivity index (χ4n) is 2.57. The molecule has 104 valence electrons. The molecule has 1 amide bonds. The summed E-state index contributed by atoms with van der Waals surface area (Å²) < 4.78 is 13.6. The normalized spacial score (nSPS) is 22.9. The van der Waals surface area contributed by atoms with Crippen molar-refractivity contribution in [3.8, 4) is 0 Å². The summed E-state index contributed by atoms with van der Waals surface area (Å²) in [6.07, 6.45) is 2.15. The topological polar surface area (TPSA) is 53.4 Å². The number of rotatable bonds is 1. The molecule has 1 aliphatic heterocycles. The number of likely N-dealkylation sites (tertiary alicyclic amines) is 1. The van der Waals surface area contributed by atoms with Gasteiger partial charge in [-0.1, -0.05) is 13.8 Å². The molecule has 1 unspecified atom stereocenters. The van der Waals surface area contributed by atoms with Gasteiger partial charge in [0.25, 0.3) is 5.91 Å². The number of carbonyl (C=O) groups is 1. The minimum absolute atomic E-state index is 0.144. The van der Waals surface area contributed by atoms with Crippen molar-refractivity contribution >= 4 is 5.91 Å². The first-order valence-corrected chi connectivity index (χ1v) is 6.47. The van der Waals surface area contributed by atoms with Crippen LogP contribution < -0.4 is 0 Å². The Balaban J connectivity index is 2.21. The average molecular weight is 266 g/mol. The second-order valence-corrected chi connectivity index (χ2v) is 5.87. The molecule has 1 aliphatic rings. The Morgan fingerprint density at radius 2 is 2.32 bits per heavy atom. The molecule has 1 atom stereocenters. The molecule has 19 heavy (non-hydrogen) atoms. The number of hydrogen-bond donors (Lipinski definition) is 1. The smallest absolute Gasteiger partial charge is 0.275 e. The number of aliphatic hydroxyl groups excluding tert-OH is 1. The number of nitrogens with zero attached hydrogens (tertiary/aromatic N) is 2. The summed E-state index contributed by atoms with van der Waals surface area (Å²) in [7, 11) is 0. The standard InChI is InChI=1S/C14H19FN2O2/c1-14(2)8-10(18)5-7-17(9-14)13(19)12-11(15)4-3-6-16-12/h3-4,6,10,18H,5,7-9H2,1-2H3. The summed E-state index contributed by atoms with van der Waals surface area (Å²) in [6.45, 7) is 4.92. The molecule has 0 bridgehead atoms. The molecule has 4 nitrogen and oxygen atoms in total. The van der Waals surface area contributed by atoms with E-state index >= 15 is 0 Å². The highest BCUT2D eigenvalue weighted by atomic mass is 19.1. The number of hydrogen-bond acceptors (Lipinski definition) is 3. The molecule has 1 aromatic heterocycles. The van der Waals surface area contributed by atoms with Crippen molar-refractivity contribution in [2.24, 2.45) is 5.41 Å². The van der Waals surface area contributed by atoms with Crippen molar-refractivity contribution in [1.82, 2.24) is 9.88 Å². The lowest BCUT2D eigenvalue weighted by Gasteiger charge is -2.29. The minimum atomic E-state index is -0.602. The monoisotopic (exact) mass is 266 g/mol. The van der Waals surface area contributed by atoms with Crippen molar-refractivity contribution in [2.75, 3.05) is 13.1 Å². The third-order valence-corrected chi connectivity index (χ3v) is 3.39. The molecular formula is C14H19FN2O2. The van der Waals surface area contributed by atoms with E-state index in [1.54, 1.807) is 4.90 Å². The lowest BCUT2D eigenvalue weighted by molar-refractivity contribution is 0.0694. The van der Waals surface area contributed by atoms with Gasteiger partial charge in [-0.3, -0.25) is 4.79 Å². The van der Waals surface area contributed by atoms with Crippen LogP contribution in [0.5, 0.6) is 0 Å². The number of aromatic nitrogens is 1. The van der Waals surface area contributed by atoms with Gasteiger partial charge in [0.2, 0.25) is 0 Å². The predicted octanol–water partition coefficient (Wildman–Crippen LogP) is 1.84. The maximum atomic E-state index is 13.6. The maximum absolute atomic E-state index is 13.6. The number of aliphatic hydroxyl groups is 1. The summed E-state index contributed by atoms with van der Waals surface area (Å²) in [4.78, 5) is 17.7. The predicted molar refractivity (Wildman–Crippen MR) is 69.1 cm³/mol. The molecule has 1 fully saturated rings. The van der Waals surface area contributed by atoms with Gasteiger partial charge in [0.05, 0.1) is 6.10 Å². The molecule has 0 aliphatic carbocycles. The molecule has 0 spiro atoms. The average Bonchev–Trinajstić information content (AvgIpc) is 2.46. The molecule has 2 heterocycles. The zero-order valence-corrected chi connectivity index (χ0v) is 11.3. The Bertz CT molecular complexity index is 476. The van der Waals surface area contributed by atoms with E-state index in [0.29, 0.717) is 25.9 Å². The molecule has 1 saturated heterocycles. The Hall–Kier alpha value is -1.49. The molecule has 1 aromatic rings. The SMILES string of the molecule is CC1(C)CC(O)CCN(C(=O)c2ncccc2F)C1. The summed E-state index contributed by atoms with van der Waals surface area (Å²) in [5, 5.41) is 9.82. The zero-order valence-electron chi connectivity index (χ0n) is 11.3. The second kappa shape index (κ2) is 5.25. The van der Waals surface area contributed by atoms with E-state index in [1.165, 1.54) is 18.3 Å². The van der Waals surface area contributed by atoms with Gasteiger partial charge >= 0.3 is 0 Å². The van der Waals surface area contributed by atoms with Crippen molar-refractivity contribution in [2.45, 2.75) is 32.8 Å². The zero-order chi connectivity index (χ0) is 14.0. The second-order valence-electron chi connectivity index (χ2n) is 5.87. The number of carbonyl (C=O) groups excluding carboxylic acids is 1. The molecule has 0 radical (unpaired) electrons. The lowest BCUT2D eigenvalue weighted by Crippen LogP contribution is -2.38. The number of halogens is 1. The molecule has 0 saturated carbocycles. The fourth-order valence-corrected chi connectivity index (χ4v) is 2.57. The van der Waals surface area contributed by atoms with Crippen molar-refractivity contribution in [3.05, 3.63) is 29.8 Å². The van der Waals surface area contributed by atoms with Gasteiger partial charge in [-0.05, 0) is 30.4 Å². The van der Waals surface area contributed by atoms with Gasteiger partial charge in [0.1, 0.15) is 0 Å². The fraction of sp³-hybridized carbons (Fsp3) is 0.571. The third kappa shape index (κ3) is 3.29.